The van der Waals surface area contributed by atoms with Crippen LogP contribution in [0.4, 0.5) is 0 Å². The Kier molecular flexibility index (Phi) is 43.1. The van der Waals surface area contributed by atoms with Gasteiger partial charge in [0.2, 0.25) is 0 Å². The van der Waals surface area contributed by atoms with Gasteiger partial charge in [-0.2, -0.15) is 0 Å². The Hall–Kier alpha value is -9.81. The van der Waals surface area contributed by atoms with E-state index in [1.807, 2.05) is 72.1 Å². The van der Waals surface area contributed by atoms with E-state index in [2.05, 4.69) is 367 Å². The third-order valence-corrected chi connectivity index (χ3v) is 51.5. The standard InChI is InChI=1S/C37H34O4.C31H26O2.C21H24O2.C10H18Si2.C8H18OSi2.2C6H20O2Si3/c1-3-9-25-19-28(16-15-27(25)21-40-36-24-41-36)37(33-13-7-5-11-31(33)32-12-6-8-14-34(32)37)29-17-18-35(26(20-29)10-4-2)39-23-30-22-38-30;1-3-9-21-19-23(15-17-29(21)32)31(24-16-18-30(33)22(20-24)10-4-2)27-13-7-5-11-25(27)26-12-6-8-14-28(26)31;1-5-7-15-13-17(9-11-19(15)22)21(3,4)18-10-12-20(23)16(14-18)8-6-2;1-11(2)9-5-7-10(8-6-9)12(3)4;1-7-10(3,4)9-11(5,6)8-2;2*1-9(2)7-11(5,6)8-10(3)4/h3-8,11-20,30,36H,1-2,9-10,21-24H2;3-8,11-20,32-33H,1-2,9-10H2;5-6,9-14,22-23H,1-2,7-8H2,3-4H3;5-8,11-12H,1-4H3;7-8H,1-2H2,3-6H3;2*9-10H,1-6H3. The molecule has 11 aromatic carbocycles. The van der Waals surface area contributed by atoms with Crippen LogP contribution in [0.15, 0.2) is 331 Å². The zero-order valence-corrected chi connectivity index (χ0v) is 99.8. The summed E-state index contributed by atoms with van der Waals surface area (Å²) >= 11 is 0. The fourth-order valence-corrected chi connectivity index (χ4v) is 46.3. The van der Waals surface area contributed by atoms with E-state index < -0.39 is 98.3 Å². The summed E-state index contributed by atoms with van der Waals surface area (Å²) in [6, 6.07) is 80.7. The first-order valence-corrected chi connectivity index (χ1v) is 78.7. The molecular formula is C119H160O13Si10. The van der Waals surface area contributed by atoms with Crippen molar-refractivity contribution < 1.29 is 59.9 Å². The SMILES string of the molecule is C=CCc1cc(C(C)(C)c2ccc(O)c(CC=C)c2)ccc1O.C=CCc1cc(C2(c3ccc(O)c(CC=C)c3)c3ccccc3-c3ccccc32)ccc1O.C=CCc1cc(C2(c3ccc(OCC4CO4)c(CC=C)c3)c3ccccc3-c3ccccc32)ccc1COC1CO1.C=C[Si](C)(C)O[Si](C)(C)C=C.C[SiH](C)O[Si](C)(C)O[SiH](C)C.C[SiH](C)O[Si](C)(C)O[SiH](C)C.C[SiH](C)c1ccc([SiH](C)C)cc1. The number of benzene rings is 11. The van der Waals surface area contributed by atoms with Gasteiger partial charge in [0, 0.05) is 5.41 Å². The van der Waals surface area contributed by atoms with Gasteiger partial charge in [0.05, 0.1) is 41.6 Å². The molecule has 11 aromatic rings. The van der Waals surface area contributed by atoms with Crippen LogP contribution in [0.2, 0.25) is 131 Å². The molecule has 0 bridgehead atoms. The van der Waals surface area contributed by atoms with Crippen LogP contribution in [0, 0.1) is 0 Å². The summed E-state index contributed by atoms with van der Waals surface area (Å²) in [5, 5.41) is 44.1. The molecule has 2 fully saturated rings. The maximum Gasteiger partial charge on any atom is 0.310 e. The van der Waals surface area contributed by atoms with Crippen molar-refractivity contribution in [1.29, 1.82) is 0 Å². The predicted molar refractivity (Wildman–Crippen MR) is 627 cm³/mol. The van der Waals surface area contributed by atoms with Crippen LogP contribution in [0.25, 0.3) is 22.3 Å². The lowest BCUT2D eigenvalue weighted by Gasteiger charge is -2.35. The number of phenols is 4. The monoisotopic (exact) mass is 2080 g/mol. The van der Waals surface area contributed by atoms with Gasteiger partial charge in [0.1, 0.15) is 48.1 Å². The summed E-state index contributed by atoms with van der Waals surface area (Å²) in [6.45, 7) is 81.9. The first kappa shape index (κ1) is 116. The molecule has 15 rings (SSSR count). The van der Waals surface area contributed by atoms with Crippen molar-refractivity contribution >= 4 is 97.9 Å². The van der Waals surface area contributed by atoms with Crippen LogP contribution in [-0.2, 0) is 96.2 Å². The normalized spacial score (nSPS) is 14.4. The number of allylic oxidation sites excluding steroid dienone is 6. The number of fused-ring (bicyclic) bond motifs is 6. The van der Waals surface area contributed by atoms with E-state index in [-0.39, 0.29) is 29.3 Å². The van der Waals surface area contributed by atoms with Gasteiger partial charge in [0.25, 0.3) is 0 Å². The first-order valence-electron chi connectivity index (χ1n) is 50.2. The van der Waals surface area contributed by atoms with Crippen molar-refractivity contribution in [1.82, 2.24) is 0 Å². The molecule has 2 unspecified atom stereocenters. The lowest BCUT2D eigenvalue weighted by Crippen LogP contribution is -2.42. The molecule has 2 saturated heterocycles. The Labute approximate surface area is 866 Å². The second-order valence-electron chi connectivity index (χ2n) is 40.9. The molecule has 754 valence electrons. The van der Waals surface area contributed by atoms with Gasteiger partial charge in [-0.15, -0.1) is 52.6 Å². The van der Waals surface area contributed by atoms with Crippen molar-refractivity contribution in [3.63, 3.8) is 0 Å². The molecule has 4 N–H and O–H groups in total. The lowest BCUT2D eigenvalue weighted by molar-refractivity contribution is 0.0383. The van der Waals surface area contributed by atoms with E-state index in [1.54, 1.807) is 46.8 Å². The maximum absolute atomic E-state index is 10.5. The highest BCUT2D eigenvalue weighted by atomic mass is 28.5. The van der Waals surface area contributed by atoms with Gasteiger partial charge in [-0.3, -0.25) is 0 Å². The molecule has 0 radical (unpaired) electrons. The number of epoxide rings is 2. The average Bonchev–Trinajstić information content (AvgIpc) is 1.54. The van der Waals surface area contributed by atoms with E-state index in [0.717, 1.165) is 80.8 Å². The Morgan fingerprint density at radius 3 is 0.951 bits per heavy atom. The fourth-order valence-electron chi connectivity index (χ4n) is 18.7. The van der Waals surface area contributed by atoms with E-state index >= 15 is 0 Å². The first-order chi connectivity index (χ1) is 67.3. The maximum atomic E-state index is 10.5. The molecule has 13 nitrogen and oxygen atoms in total. The van der Waals surface area contributed by atoms with Crippen molar-refractivity contribution in [2.24, 2.45) is 0 Å². The smallest absolute Gasteiger partial charge is 0.310 e. The number of ether oxygens (including phenoxy) is 4. The highest BCUT2D eigenvalue weighted by molar-refractivity contribution is 6.89. The second-order valence-corrected chi connectivity index (χ2v) is 72.7. The molecule has 2 aliphatic carbocycles. The van der Waals surface area contributed by atoms with Crippen molar-refractivity contribution in [2.45, 2.75) is 219 Å². The molecule has 0 amide bonds. The zero-order valence-electron chi connectivity index (χ0n) is 88.9. The van der Waals surface area contributed by atoms with E-state index in [1.165, 1.54) is 61.2 Å². The van der Waals surface area contributed by atoms with Gasteiger partial charge >= 0.3 is 17.1 Å². The van der Waals surface area contributed by atoms with Gasteiger partial charge in [-0.1, -0.05) is 298 Å². The molecule has 4 aliphatic rings. The van der Waals surface area contributed by atoms with Crippen LogP contribution >= 0.6 is 0 Å². The summed E-state index contributed by atoms with van der Waals surface area (Å²) in [6.07, 6.45) is 15.1. The molecule has 2 atom stereocenters. The largest absolute Gasteiger partial charge is 0.508 e. The molecule has 2 aliphatic heterocycles. The predicted octanol–water partition coefficient (Wildman–Crippen LogP) is 26.3. The van der Waals surface area contributed by atoms with Crippen LogP contribution in [0.3, 0.4) is 0 Å². The molecule has 0 spiro atoms. The molecule has 2 heterocycles. The Morgan fingerprint density at radius 2 is 0.641 bits per heavy atom. The quantitative estimate of drug-likeness (QED) is 0.0164. The highest BCUT2D eigenvalue weighted by Crippen LogP contribution is 2.59. The third-order valence-electron chi connectivity index (χ3n) is 25.3. The highest BCUT2D eigenvalue weighted by Gasteiger charge is 2.49. The van der Waals surface area contributed by atoms with Crippen molar-refractivity contribution in [3.05, 3.63) is 426 Å². The average molecular weight is 2080 g/mol. The Balaban J connectivity index is 0.000000199. The van der Waals surface area contributed by atoms with E-state index in [4.69, 9.17) is 39.5 Å². The zero-order chi connectivity index (χ0) is 104. The molecule has 0 saturated carbocycles. The summed E-state index contributed by atoms with van der Waals surface area (Å²) in [7, 11) is -11.3. The van der Waals surface area contributed by atoms with Gasteiger partial charge in [0.15, 0.2) is 59.1 Å². The molecule has 142 heavy (non-hydrogen) atoms. The van der Waals surface area contributed by atoms with E-state index in [9.17, 15) is 20.4 Å². The summed E-state index contributed by atoms with van der Waals surface area (Å²) in [5.74, 6) is 2.02. The van der Waals surface area contributed by atoms with Crippen molar-refractivity contribution in [2.75, 3.05) is 19.8 Å². The summed E-state index contributed by atoms with van der Waals surface area (Å²) in [5.41, 5.74) is 26.2. The Bertz CT molecular complexity index is 5700. The molecule has 23 heteroatoms. The topological polar surface area (TPSA) is 171 Å². The van der Waals surface area contributed by atoms with Gasteiger partial charge in [-0.25, -0.2) is 0 Å². The molecular weight excluding hydrogens is 1920 g/mol. The number of hydrogen-bond donors (Lipinski definition) is 4. The third kappa shape index (κ3) is 31.1. The van der Waals surface area contributed by atoms with Crippen molar-refractivity contribution in [3.8, 4) is 51.0 Å². The summed E-state index contributed by atoms with van der Waals surface area (Å²) in [4.78, 5) is 0. The minimum atomic E-state index is -1.71. The minimum absolute atomic E-state index is 0.0818. The number of rotatable bonds is 38. The number of aromatic hydroxyl groups is 4. The second kappa shape index (κ2) is 52.8. The Morgan fingerprint density at radius 1 is 0.352 bits per heavy atom. The van der Waals surface area contributed by atoms with Crippen LogP contribution in [0.5, 0.6) is 28.7 Å². The fraction of sp³-hybridized carbons (Fsp3) is 0.311. The molecule has 0 aromatic heterocycles. The van der Waals surface area contributed by atoms with Gasteiger partial charge < -0.3 is 59.9 Å². The minimum Gasteiger partial charge on any atom is -0.508 e. The summed E-state index contributed by atoms with van der Waals surface area (Å²) < 4.78 is 52.2. The van der Waals surface area contributed by atoms with E-state index in [0.29, 0.717) is 57.0 Å². The number of hydrogen-bond acceptors (Lipinski definition) is 13. The lowest BCUT2D eigenvalue weighted by atomic mass is 9.67. The number of phenolic OH excluding ortho intramolecular Hbond substituents is 4. The van der Waals surface area contributed by atoms with Crippen LogP contribution in [-0.4, -0.2) is 140 Å². The van der Waals surface area contributed by atoms with Crippen LogP contribution in [0.1, 0.15) is 108 Å². The van der Waals surface area contributed by atoms with Gasteiger partial charge in [-0.05, 0) is 290 Å². The van der Waals surface area contributed by atoms with Crippen LogP contribution < -0.4 is 15.1 Å².